The van der Waals surface area contributed by atoms with E-state index in [9.17, 15) is 0 Å². The number of rotatable bonds is 8. The lowest BCUT2D eigenvalue weighted by Crippen LogP contribution is -2.36. The van der Waals surface area contributed by atoms with E-state index in [1.54, 1.807) is 11.3 Å². The second-order valence-electron chi connectivity index (χ2n) is 5.68. The maximum atomic E-state index is 5.84. The predicted molar refractivity (Wildman–Crippen MR) is 85.1 cm³/mol. The van der Waals surface area contributed by atoms with E-state index in [2.05, 4.69) is 55.0 Å². The summed E-state index contributed by atoms with van der Waals surface area (Å²) in [7, 11) is 4.24. The van der Waals surface area contributed by atoms with Gasteiger partial charge in [-0.25, -0.2) is 4.98 Å². The third-order valence-electron chi connectivity index (χ3n) is 3.05. The summed E-state index contributed by atoms with van der Waals surface area (Å²) in [4.78, 5) is 9.36. The number of nitrogens with zero attached hydrogens (tertiary/aromatic N) is 3. The zero-order chi connectivity index (χ0) is 14.4. The molecule has 0 saturated heterocycles. The Kier molecular flexibility index (Phi) is 7.29. The third kappa shape index (κ3) is 5.78. The summed E-state index contributed by atoms with van der Waals surface area (Å²) in [5, 5.41) is 3.24. The van der Waals surface area contributed by atoms with Gasteiger partial charge in [0.15, 0.2) is 0 Å². The van der Waals surface area contributed by atoms with Crippen molar-refractivity contribution >= 4 is 22.9 Å². The van der Waals surface area contributed by atoms with Crippen molar-refractivity contribution in [3.8, 4) is 0 Å². The largest absolute Gasteiger partial charge is 0.308 e. The monoisotopic (exact) mass is 303 g/mol. The lowest BCUT2D eigenvalue weighted by molar-refractivity contribution is 0.170. The van der Waals surface area contributed by atoms with E-state index in [1.165, 1.54) is 5.01 Å². The minimum atomic E-state index is 0.365. The van der Waals surface area contributed by atoms with Crippen LogP contribution in [0.2, 0.25) is 0 Å². The SMILES string of the molecule is CC(C)CN(CCN(C)C)C(C)c1nc(CCl)cs1. The van der Waals surface area contributed by atoms with Crippen molar-refractivity contribution in [2.75, 3.05) is 33.7 Å². The molecule has 1 aromatic heterocycles. The molecule has 0 aromatic carbocycles. The van der Waals surface area contributed by atoms with Gasteiger partial charge in [0, 0.05) is 25.0 Å². The molecular weight excluding hydrogens is 278 g/mol. The summed E-state index contributed by atoms with van der Waals surface area (Å²) < 4.78 is 0. The van der Waals surface area contributed by atoms with Gasteiger partial charge in [-0.15, -0.1) is 22.9 Å². The smallest absolute Gasteiger partial charge is 0.110 e. The van der Waals surface area contributed by atoms with Crippen molar-refractivity contribution < 1.29 is 0 Å². The number of likely N-dealkylation sites (N-methyl/N-ethyl adjacent to an activating group) is 1. The number of alkyl halides is 1. The number of halogens is 1. The summed E-state index contributed by atoms with van der Waals surface area (Å²) in [6, 6.07) is 0.365. The first-order chi connectivity index (χ1) is 8.93. The average Bonchev–Trinajstić information content (AvgIpc) is 2.81. The zero-order valence-corrected chi connectivity index (χ0v) is 14.3. The van der Waals surface area contributed by atoms with Gasteiger partial charge >= 0.3 is 0 Å². The van der Waals surface area contributed by atoms with E-state index in [-0.39, 0.29) is 0 Å². The van der Waals surface area contributed by atoms with Crippen molar-refractivity contribution in [1.29, 1.82) is 0 Å². The van der Waals surface area contributed by atoms with Crippen LogP contribution in [0.25, 0.3) is 0 Å². The predicted octanol–water partition coefficient (Wildman–Crippen LogP) is 3.46. The molecule has 3 nitrogen and oxygen atoms in total. The van der Waals surface area contributed by atoms with E-state index in [4.69, 9.17) is 11.6 Å². The highest BCUT2D eigenvalue weighted by Crippen LogP contribution is 2.25. The van der Waals surface area contributed by atoms with Gasteiger partial charge in [0.25, 0.3) is 0 Å². The topological polar surface area (TPSA) is 19.4 Å². The van der Waals surface area contributed by atoms with E-state index in [1.807, 2.05) is 0 Å². The van der Waals surface area contributed by atoms with E-state index < -0.39 is 0 Å². The highest BCUT2D eigenvalue weighted by Gasteiger charge is 2.19. The number of aromatic nitrogens is 1. The van der Waals surface area contributed by atoms with E-state index in [0.717, 1.165) is 25.3 Å². The zero-order valence-electron chi connectivity index (χ0n) is 12.7. The molecule has 1 unspecified atom stereocenters. The fraction of sp³-hybridized carbons (Fsp3) is 0.786. The van der Waals surface area contributed by atoms with Crippen molar-refractivity contribution in [3.63, 3.8) is 0 Å². The van der Waals surface area contributed by atoms with Gasteiger partial charge in [-0.1, -0.05) is 13.8 Å². The van der Waals surface area contributed by atoms with Crippen molar-refractivity contribution in [2.45, 2.75) is 32.7 Å². The maximum absolute atomic E-state index is 5.84. The normalized spacial score (nSPS) is 13.7. The molecule has 1 atom stereocenters. The maximum Gasteiger partial charge on any atom is 0.110 e. The Labute approximate surface area is 126 Å². The van der Waals surface area contributed by atoms with Gasteiger partial charge < -0.3 is 4.90 Å². The molecule has 0 aliphatic heterocycles. The Hall–Kier alpha value is -0.160. The van der Waals surface area contributed by atoms with Crippen LogP contribution >= 0.6 is 22.9 Å². The van der Waals surface area contributed by atoms with E-state index >= 15 is 0 Å². The first kappa shape index (κ1) is 16.9. The number of thiazole rings is 1. The van der Waals surface area contributed by atoms with Crippen LogP contribution in [-0.4, -0.2) is 48.5 Å². The van der Waals surface area contributed by atoms with Crippen molar-refractivity contribution in [2.24, 2.45) is 5.92 Å². The van der Waals surface area contributed by atoms with Crippen LogP contribution in [-0.2, 0) is 5.88 Å². The molecule has 0 bridgehead atoms. The Balaban J connectivity index is 2.71. The molecule has 0 spiro atoms. The minimum absolute atomic E-state index is 0.365. The molecule has 19 heavy (non-hydrogen) atoms. The van der Waals surface area contributed by atoms with Gasteiger partial charge in [-0.05, 0) is 26.9 Å². The lowest BCUT2D eigenvalue weighted by Gasteiger charge is -2.30. The first-order valence-corrected chi connectivity index (χ1v) is 8.24. The second kappa shape index (κ2) is 8.20. The molecule has 0 fully saturated rings. The van der Waals surface area contributed by atoms with Crippen LogP contribution in [0.4, 0.5) is 0 Å². The van der Waals surface area contributed by atoms with Crippen LogP contribution in [0.5, 0.6) is 0 Å². The second-order valence-corrected chi connectivity index (χ2v) is 6.84. The van der Waals surface area contributed by atoms with E-state index in [0.29, 0.717) is 17.8 Å². The molecule has 5 heteroatoms. The van der Waals surface area contributed by atoms with Crippen LogP contribution in [0.1, 0.15) is 37.5 Å². The van der Waals surface area contributed by atoms with Gasteiger partial charge in [-0.3, -0.25) is 4.90 Å². The molecule has 1 heterocycles. The number of hydrogen-bond donors (Lipinski definition) is 0. The van der Waals surface area contributed by atoms with Crippen molar-refractivity contribution in [3.05, 3.63) is 16.1 Å². The van der Waals surface area contributed by atoms with Crippen LogP contribution in [0.3, 0.4) is 0 Å². The molecule has 1 aromatic rings. The molecule has 0 aliphatic rings. The Morgan fingerprint density at radius 3 is 2.42 bits per heavy atom. The molecule has 0 saturated carbocycles. The molecule has 110 valence electrons. The van der Waals surface area contributed by atoms with Crippen LogP contribution in [0, 0.1) is 5.92 Å². The van der Waals surface area contributed by atoms with Crippen LogP contribution in [0.15, 0.2) is 5.38 Å². The molecule has 0 aliphatic carbocycles. The highest BCUT2D eigenvalue weighted by atomic mass is 35.5. The first-order valence-electron chi connectivity index (χ1n) is 6.83. The quantitative estimate of drug-likeness (QED) is 0.686. The molecule has 0 radical (unpaired) electrons. The van der Waals surface area contributed by atoms with Crippen LogP contribution < -0.4 is 0 Å². The lowest BCUT2D eigenvalue weighted by atomic mass is 10.1. The summed E-state index contributed by atoms with van der Waals surface area (Å²) >= 11 is 7.56. The van der Waals surface area contributed by atoms with Gasteiger partial charge in [0.05, 0.1) is 17.6 Å². The molecule has 0 amide bonds. The van der Waals surface area contributed by atoms with Crippen molar-refractivity contribution in [1.82, 2.24) is 14.8 Å². The highest BCUT2D eigenvalue weighted by molar-refractivity contribution is 7.09. The molecule has 0 N–H and O–H groups in total. The molecular formula is C14H26ClN3S. The fourth-order valence-electron chi connectivity index (χ4n) is 1.97. The minimum Gasteiger partial charge on any atom is -0.308 e. The summed E-state index contributed by atoms with van der Waals surface area (Å²) in [5.74, 6) is 1.17. The van der Waals surface area contributed by atoms with Gasteiger partial charge in [0.1, 0.15) is 5.01 Å². The summed E-state index contributed by atoms with van der Waals surface area (Å²) in [6.45, 7) is 10.0. The van der Waals surface area contributed by atoms with Gasteiger partial charge in [-0.2, -0.15) is 0 Å². The van der Waals surface area contributed by atoms with Gasteiger partial charge in [0.2, 0.25) is 0 Å². The Bertz CT molecular complexity index is 365. The average molecular weight is 304 g/mol. The fourth-order valence-corrected chi connectivity index (χ4v) is 3.11. The summed E-state index contributed by atoms with van der Waals surface area (Å²) in [5.41, 5.74) is 0.991. The standard InChI is InChI=1S/C14H26ClN3S/c1-11(2)9-18(7-6-17(4)5)12(3)14-16-13(8-15)10-19-14/h10-12H,6-9H2,1-5H3. The Morgan fingerprint density at radius 1 is 1.26 bits per heavy atom. The summed E-state index contributed by atoms with van der Waals surface area (Å²) in [6.07, 6.45) is 0. The Morgan fingerprint density at radius 2 is 1.95 bits per heavy atom. The number of hydrogen-bond acceptors (Lipinski definition) is 4. The molecule has 1 rings (SSSR count). The third-order valence-corrected chi connectivity index (χ3v) is 4.38.